The first-order valence-electron chi connectivity index (χ1n) is 5.59. The van der Waals surface area contributed by atoms with E-state index in [1.807, 2.05) is 20.8 Å². The molecule has 0 aliphatic heterocycles. The number of aromatic amines is 1. The molecular formula is C14H13NO2. The van der Waals surface area contributed by atoms with Gasteiger partial charge in [-0.15, -0.1) is 0 Å². The number of rotatable bonds is 0. The fraction of sp³-hybridized carbons (Fsp3) is 0.214. The van der Waals surface area contributed by atoms with E-state index in [0.717, 1.165) is 38.6 Å². The van der Waals surface area contributed by atoms with E-state index in [0.29, 0.717) is 0 Å². The quantitative estimate of drug-likeness (QED) is 0.641. The largest absolute Gasteiger partial charge is 0.464 e. The van der Waals surface area contributed by atoms with Gasteiger partial charge in [0.05, 0.1) is 11.8 Å². The number of benzene rings is 1. The average Bonchev–Trinajstić information content (AvgIpc) is 2.64. The summed E-state index contributed by atoms with van der Waals surface area (Å²) in [5, 5.41) is 2.10. The minimum Gasteiger partial charge on any atom is -0.464 e. The van der Waals surface area contributed by atoms with E-state index in [9.17, 15) is 4.79 Å². The van der Waals surface area contributed by atoms with Gasteiger partial charge >= 0.3 is 0 Å². The van der Waals surface area contributed by atoms with E-state index in [1.165, 1.54) is 0 Å². The topological polar surface area (TPSA) is 46.0 Å². The second-order valence-corrected chi connectivity index (χ2v) is 4.56. The molecule has 17 heavy (non-hydrogen) atoms. The number of furan rings is 1. The molecular weight excluding hydrogens is 214 g/mol. The Morgan fingerprint density at radius 2 is 1.82 bits per heavy atom. The van der Waals surface area contributed by atoms with E-state index in [1.54, 1.807) is 12.3 Å². The molecule has 3 heteroatoms. The van der Waals surface area contributed by atoms with E-state index < -0.39 is 0 Å². The second-order valence-electron chi connectivity index (χ2n) is 4.56. The number of fused-ring (bicyclic) bond motifs is 3. The molecule has 0 bridgehead atoms. The molecule has 86 valence electrons. The number of H-pyrrole nitrogens is 1. The van der Waals surface area contributed by atoms with Gasteiger partial charge in [0.15, 0.2) is 0 Å². The maximum Gasteiger partial charge on any atom is 0.248 e. The fourth-order valence-corrected chi connectivity index (χ4v) is 2.41. The highest BCUT2D eigenvalue weighted by molar-refractivity contribution is 6.07. The Kier molecular flexibility index (Phi) is 1.93. The predicted molar refractivity (Wildman–Crippen MR) is 68.6 cm³/mol. The monoisotopic (exact) mass is 227 g/mol. The fourth-order valence-electron chi connectivity index (χ4n) is 2.41. The zero-order chi connectivity index (χ0) is 12.2. The Morgan fingerprint density at radius 3 is 2.59 bits per heavy atom. The first-order valence-corrected chi connectivity index (χ1v) is 5.59. The van der Waals surface area contributed by atoms with Gasteiger partial charge in [-0.1, -0.05) is 0 Å². The predicted octanol–water partition coefficient (Wildman–Crippen LogP) is 3.20. The highest BCUT2D eigenvalue weighted by Crippen LogP contribution is 2.31. The van der Waals surface area contributed by atoms with E-state index >= 15 is 0 Å². The third-order valence-corrected chi connectivity index (χ3v) is 3.23. The Balaban J connectivity index is 2.71. The van der Waals surface area contributed by atoms with E-state index in [4.69, 9.17) is 4.42 Å². The van der Waals surface area contributed by atoms with Gasteiger partial charge in [0.25, 0.3) is 0 Å². The molecule has 0 unspecified atom stereocenters. The van der Waals surface area contributed by atoms with Crippen LogP contribution in [-0.2, 0) is 0 Å². The molecule has 2 heterocycles. The third kappa shape index (κ3) is 1.32. The number of hydrogen-bond acceptors (Lipinski definition) is 2. The summed E-state index contributed by atoms with van der Waals surface area (Å²) in [5.74, 6) is 0. The van der Waals surface area contributed by atoms with Crippen LogP contribution in [0.15, 0.2) is 27.6 Å². The lowest BCUT2D eigenvalue weighted by Gasteiger charge is -2.05. The Bertz CT molecular complexity index is 793. The first-order chi connectivity index (χ1) is 8.08. The van der Waals surface area contributed by atoms with Crippen LogP contribution in [0.25, 0.3) is 21.9 Å². The summed E-state index contributed by atoms with van der Waals surface area (Å²) in [6, 6.07) is 3.69. The number of hydrogen-bond donors (Lipinski definition) is 1. The van der Waals surface area contributed by atoms with Crippen molar-refractivity contribution in [2.24, 2.45) is 0 Å². The summed E-state index contributed by atoms with van der Waals surface area (Å²) in [6.45, 7) is 5.97. The number of nitrogens with one attached hydrogen (secondary N) is 1. The third-order valence-electron chi connectivity index (χ3n) is 3.23. The highest BCUT2D eigenvalue weighted by Gasteiger charge is 2.12. The highest BCUT2D eigenvalue weighted by atomic mass is 16.3. The van der Waals surface area contributed by atoms with E-state index in [-0.39, 0.29) is 5.56 Å². The van der Waals surface area contributed by atoms with Crippen LogP contribution in [0.3, 0.4) is 0 Å². The lowest BCUT2D eigenvalue weighted by atomic mass is 10.0. The van der Waals surface area contributed by atoms with Crippen molar-refractivity contribution < 1.29 is 4.42 Å². The standard InChI is InChI=1S/C14H13NO2/c1-7-5-11(16)15-13-10(7)4-8(2)14-12(13)9(3)6-17-14/h4-6H,1-3H3,(H,15,16). The molecule has 0 radical (unpaired) electrons. The summed E-state index contributed by atoms with van der Waals surface area (Å²) >= 11 is 0. The molecule has 0 atom stereocenters. The maximum atomic E-state index is 11.6. The molecule has 1 aromatic carbocycles. The Hall–Kier alpha value is -2.03. The first kappa shape index (κ1) is 10.1. The van der Waals surface area contributed by atoms with Crippen molar-refractivity contribution in [3.05, 3.63) is 45.4 Å². The molecule has 0 saturated heterocycles. The SMILES string of the molecule is Cc1cc(=O)[nH]c2c1cc(C)c1occ(C)c12. The zero-order valence-electron chi connectivity index (χ0n) is 10.0. The van der Waals surface area contributed by atoms with Crippen LogP contribution in [-0.4, -0.2) is 4.98 Å². The molecule has 0 spiro atoms. The van der Waals surface area contributed by atoms with Crippen molar-refractivity contribution in [3.8, 4) is 0 Å². The van der Waals surface area contributed by atoms with Crippen molar-refractivity contribution in [1.82, 2.24) is 4.98 Å². The van der Waals surface area contributed by atoms with Gasteiger partial charge < -0.3 is 9.40 Å². The van der Waals surface area contributed by atoms with Crippen LogP contribution >= 0.6 is 0 Å². The minimum absolute atomic E-state index is 0.0687. The number of pyridine rings is 1. The van der Waals surface area contributed by atoms with Crippen LogP contribution < -0.4 is 5.56 Å². The molecule has 3 aromatic rings. The van der Waals surface area contributed by atoms with Gasteiger partial charge in [0.2, 0.25) is 5.56 Å². The lowest BCUT2D eigenvalue weighted by molar-refractivity contribution is 0.610. The van der Waals surface area contributed by atoms with Gasteiger partial charge in [-0.25, -0.2) is 0 Å². The van der Waals surface area contributed by atoms with Gasteiger partial charge in [0, 0.05) is 16.8 Å². The molecule has 3 nitrogen and oxygen atoms in total. The van der Waals surface area contributed by atoms with Crippen LogP contribution in [0, 0.1) is 20.8 Å². The number of aromatic nitrogens is 1. The van der Waals surface area contributed by atoms with Crippen molar-refractivity contribution in [2.45, 2.75) is 20.8 Å². The van der Waals surface area contributed by atoms with Crippen LogP contribution in [0.5, 0.6) is 0 Å². The molecule has 2 aromatic heterocycles. The molecule has 0 fully saturated rings. The summed E-state index contributed by atoms with van der Waals surface area (Å²) in [4.78, 5) is 14.5. The Morgan fingerprint density at radius 1 is 1.06 bits per heavy atom. The molecule has 0 aliphatic carbocycles. The van der Waals surface area contributed by atoms with Crippen molar-refractivity contribution in [3.63, 3.8) is 0 Å². The van der Waals surface area contributed by atoms with Crippen LogP contribution in [0.2, 0.25) is 0 Å². The average molecular weight is 227 g/mol. The minimum atomic E-state index is -0.0687. The molecule has 0 amide bonds. The lowest BCUT2D eigenvalue weighted by Crippen LogP contribution is -2.05. The van der Waals surface area contributed by atoms with Crippen LogP contribution in [0.4, 0.5) is 0 Å². The van der Waals surface area contributed by atoms with Crippen molar-refractivity contribution in [1.29, 1.82) is 0 Å². The van der Waals surface area contributed by atoms with Gasteiger partial charge in [0.1, 0.15) is 5.58 Å². The molecule has 0 aliphatic rings. The summed E-state index contributed by atoms with van der Waals surface area (Å²) in [6.07, 6.45) is 1.73. The molecule has 1 N–H and O–H groups in total. The molecule has 0 saturated carbocycles. The van der Waals surface area contributed by atoms with Crippen molar-refractivity contribution >= 4 is 21.9 Å². The van der Waals surface area contributed by atoms with Gasteiger partial charge in [-0.05, 0) is 43.5 Å². The molecule has 3 rings (SSSR count). The van der Waals surface area contributed by atoms with Gasteiger partial charge in [-0.2, -0.15) is 0 Å². The summed E-state index contributed by atoms with van der Waals surface area (Å²) in [7, 11) is 0. The van der Waals surface area contributed by atoms with E-state index in [2.05, 4.69) is 11.1 Å². The second kappa shape index (κ2) is 3.23. The zero-order valence-corrected chi connectivity index (χ0v) is 10.0. The Labute approximate surface area is 98.1 Å². The summed E-state index contributed by atoms with van der Waals surface area (Å²) in [5.41, 5.74) is 4.80. The number of aryl methyl sites for hydroxylation is 3. The smallest absolute Gasteiger partial charge is 0.248 e. The van der Waals surface area contributed by atoms with Crippen molar-refractivity contribution in [2.75, 3.05) is 0 Å². The normalized spacial score (nSPS) is 11.5. The summed E-state index contributed by atoms with van der Waals surface area (Å²) < 4.78 is 5.55. The van der Waals surface area contributed by atoms with Gasteiger partial charge in [-0.3, -0.25) is 4.79 Å². The van der Waals surface area contributed by atoms with Crippen LogP contribution in [0.1, 0.15) is 16.7 Å². The maximum absolute atomic E-state index is 11.6.